The summed E-state index contributed by atoms with van der Waals surface area (Å²) in [5.74, 6) is 2.10. The van der Waals surface area contributed by atoms with Crippen LogP contribution in [-0.2, 0) is 11.3 Å². The topological polar surface area (TPSA) is 87.4 Å². The van der Waals surface area contributed by atoms with Crippen LogP contribution in [-0.4, -0.2) is 67.2 Å². The van der Waals surface area contributed by atoms with Crippen molar-refractivity contribution in [1.82, 2.24) is 24.4 Å². The fourth-order valence-electron chi connectivity index (χ4n) is 3.93. The molecule has 0 atom stereocenters. The highest BCUT2D eigenvalue weighted by Gasteiger charge is 2.27. The smallest absolute Gasteiger partial charge is 0.219 e. The van der Waals surface area contributed by atoms with Gasteiger partial charge in [-0.25, -0.2) is 15.0 Å². The van der Waals surface area contributed by atoms with Gasteiger partial charge in [-0.1, -0.05) is 23.7 Å². The molecule has 1 N–H and O–H groups in total. The number of carbonyl (C=O) groups excluding carboxylic acids is 1. The van der Waals surface area contributed by atoms with Gasteiger partial charge in [0, 0.05) is 38.7 Å². The van der Waals surface area contributed by atoms with Crippen LogP contribution in [0.25, 0.3) is 22.6 Å². The second kappa shape index (κ2) is 8.09. The first-order valence-corrected chi connectivity index (χ1v) is 10.7. The van der Waals surface area contributed by atoms with Crippen molar-refractivity contribution in [3.05, 3.63) is 35.1 Å². The van der Waals surface area contributed by atoms with Crippen LogP contribution in [0.3, 0.4) is 0 Å². The van der Waals surface area contributed by atoms with Crippen LogP contribution in [0.4, 0.5) is 5.82 Å². The lowest BCUT2D eigenvalue weighted by molar-refractivity contribution is -0.129. The van der Waals surface area contributed by atoms with Crippen LogP contribution < -0.4 is 4.90 Å². The van der Waals surface area contributed by atoms with Gasteiger partial charge in [0.2, 0.25) is 5.91 Å². The highest BCUT2D eigenvalue weighted by molar-refractivity contribution is 6.33. The van der Waals surface area contributed by atoms with E-state index in [9.17, 15) is 9.90 Å². The molecule has 1 saturated heterocycles. The van der Waals surface area contributed by atoms with E-state index in [4.69, 9.17) is 21.6 Å². The zero-order valence-electron chi connectivity index (χ0n) is 18.3. The molecule has 0 aliphatic carbocycles. The van der Waals surface area contributed by atoms with Crippen LogP contribution in [0.15, 0.2) is 24.3 Å². The van der Waals surface area contributed by atoms with Crippen LogP contribution in [0, 0.1) is 6.92 Å². The Labute approximate surface area is 186 Å². The molecule has 1 aliphatic heterocycles. The average Bonchev–Trinajstić information content (AvgIpc) is 3.04. The SMILES string of the molecule is CC(=O)N1CCN(c2nc(C)nc3c2nc(-c2ccccc2Cl)n3CC(C)(C)O)CC1. The number of hydrogen-bond acceptors (Lipinski definition) is 6. The minimum Gasteiger partial charge on any atom is -0.389 e. The van der Waals surface area contributed by atoms with Crippen molar-refractivity contribution in [2.75, 3.05) is 31.1 Å². The Bertz CT molecular complexity index is 1130. The molecule has 0 bridgehead atoms. The van der Waals surface area contributed by atoms with E-state index in [1.54, 1.807) is 20.8 Å². The normalized spacial score (nSPS) is 15.0. The molecular weight excluding hydrogens is 416 g/mol. The number of benzene rings is 1. The molecule has 3 aromatic rings. The second-order valence-corrected chi connectivity index (χ2v) is 8.98. The maximum atomic E-state index is 11.7. The summed E-state index contributed by atoms with van der Waals surface area (Å²) in [5, 5.41) is 11.2. The highest BCUT2D eigenvalue weighted by Crippen LogP contribution is 2.33. The van der Waals surface area contributed by atoms with E-state index in [-0.39, 0.29) is 5.91 Å². The number of carbonyl (C=O) groups is 1. The molecule has 9 heteroatoms. The number of rotatable bonds is 4. The van der Waals surface area contributed by atoms with Crippen molar-refractivity contribution in [1.29, 1.82) is 0 Å². The standard InChI is InChI=1S/C22H27ClN6O2/c1-14-24-20(28-11-9-27(10-12-28)15(2)30)18-21(25-14)29(13-22(3,4)31)19(26-18)16-7-5-6-8-17(16)23/h5-8,31H,9-13H2,1-4H3. The Kier molecular flexibility index (Phi) is 5.61. The minimum atomic E-state index is -0.976. The minimum absolute atomic E-state index is 0.0825. The fraction of sp³-hybridized carbons (Fsp3) is 0.455. The summed E-state index contributed by atoms with van der Waals surface area (Å²) in [6, 6.07) is 7.52. The zero-order chi connectivity index (χ0) is 22.3. The van der Waals surface area contributed by atoms with Gasteiger partial charge in [0.15, 0.2) is 17.0 Å². The summed E-state index contributed by atoms with van der Waals surface area (Å²) in [6.07, 6.45) is 0. The highest BCUT2D eigenvalue weighted by atomic mass is 35.5. The van der Waals surface area contributed by atoms with Gasteiger partial charge in [-0.05, 0) is 32.9 Å². The lowest BCUT2D eigenvalue weighted by Crippen LogP contribution is -2.48. The average molecular weight is 443 g/mol. The van der Waals surface area contributed by atoms with E-state index >= 15 is 0 Å². The van der Waals surface area contributed by atoms with Crippen LogP contribution in [0.1, 0.15) is 26.6 Å². The Hall–Kier alpha value is -2.71. The van der Waals surface area contributed by atoms with Crippen LogP contribution >= 0.6 is 11.6 Å². The molecule has 4 rings (SSSR count). The van der Waals surface area contributed by atoms with E-state index in [1.807, 2.05) is 40.7 Å². The predicted octanol–water partition coefficient (Wildman–Crippen LogP) is 2.89. The number of piperazine rings is 1. The van der Waals surface area contributed by atoms with E-state index in [1.165, 1.54) is 0 Å². The van der Waals surface area contributed by atoms with Gasteiger partial charge < -0.3 is 19.5 Å². The summed E-state index contributed by atoms with van der Waals surface area (Å²) in [5.41, 5.74) is 1.13. The lowest BCUT2D eigenvalue weighted by Gasteiger charge is -2.35. The van der Waals surface area contributed by atoms with Crippen molar-refractivity contribution in [3.63, 3.8) is 0 Å². The summed E-state index contributed by atoms with van der Waals surface area (Å²) < 4.78 is 1.92. The molecule has 3 heterocycles. The first kappa shape index (κ1) is 21.5. The first-order valence-electron chi connectivity index (χ1n) is 10.4. The fourth-order valence-corrected chi connectivity index (χ4v) is 4.15. The maximum absolute atomic E-state index is 11.7. The molecule has 2 aromatic heterocycles. The largest absolute Gasteiger partial charge is 0.389 e. The molecule has 1 amide bonds. The van der Waals surface area contributed by atoms with E-state index in [0.717, 1.165) is 11.4 Å². The van der Waals surface area contributed by atoms with Gasteiger partial charge in [-0.15, -0.1) is 0 Å². The van der Waals surface area contributed by atoms with Gasteiger partial charge in [0.05, 0.1) is 17.2 Å². The molecular formula is C22H27ClN6O2. The molecule has 31 heavy (non-hydrogen) atoms. The summed E-state index contributed by atoms with van der Waals surface area (Å²) in [6.45, 7) is 9.88. The van der Waals surface area contributed by atoms with Gasteiger partial charge >= 0.3 is 0 Å². The number of amides is 1. The van der Waals surface area contributed by atoms with Crippen molar-refractivity contribution < 1.29 is 9.90 Å². The first-order chi connectivity index (χ1) is 14.6. The van der Waals surface area contributed by atoms with E-state index in [2.05, 4.69) is 9.88 Å². The number of imidazole rings is 1. The Morgan fingerprint density at radius 3 is 2.42 bits per heavy atom. The molecule has 0 unspecified atom stereocenters. The summed E-state index contributed by atoms with van der Waals surface area (Å²) in [4.78, 5) is 30.0. The molecule has 8 nitrogen and oxygen atoms in total. The number of anilines is 1. The van der Waals surface area contributed by atoms with E-state index < -0.39 is 5.60 Å². The molecule has 1 fully saturated rings. The van der Waals surface area contributed by atoms with Crippen LogP contribution in [0.2, 0.25) is 5.02 Å². The third kappa shape index (κ3) is 4.36. The number of fused-ring (bicyclic) bond motifs is 1. The number of halogens is 1. The van der Waals surface area contributed by atoms with Gasteiger partial charge in [0.25, 0.3) is 0 Å². The molecule has 0 radical (unpaired) electrons. The Morgan fingerprint density at radius 1 is 1.13 bits per heavy atom. The Balaban J connectivity index is 1.87. The Morgan fingerprint density at radius 2 is 1.81 bits per heavy atom. The lowest BCUT2D eigenvalue weighted by atomic mass is 10.1. The quantitative estimate of drug-likeness (QED) is 0.668. The van der Waals surface area contributed by atoms with Gasteiger partial charge in [-0.2, -0.15) is 0 Å². The van der Waals surface area contributed by atoms with Crippen LogP contribution in [0.5, 0.6) is 0 Å². The number of aromatic nitrogens is 4. The van der Waals surface area contributed by atoms with Crippen molar-refractivity contribution in [3.8, 4) is 11.4 Å². The summed E-state index contributed by atoms with van der Waals surface area (Å²) in [7, 11) is 0. The third-order valence-corrected chi connectivity index (χ3v) is 5.70. The van der Waals surface area contributed by atoms with E-state index in [0.29, 0.717) is 60.6 Å². The predicted molar refractivity (Wildman–Crippen MR) is 121 cm³/mol. The van der Waals surface area contributed by atoms with Gasteiger partial charge in [-0.3, -0.25) is 4.79 Å². The van der Waals surface area contributed by atoms with Gasteiger partial charge in [0.1, 0.15) is 11.6 Å². The number of hydrogen-bond donors (Lipinski definition) is 1. The number of aryl methyl sites for hydroxylation is 1. The zero-order valence-corrected chi connectivity index (χ0v) is 19.0. The number of aliphatic hydroxyl groups is 1. The molecule has 1 aromatic carbocycles. The molecule has 1 aliphatic rings. The second-order valence-electron chi connectivity index (χ2n) is 8.57. The molecule has 0 spiro atoms. The molecule has 0 saturated carbocycles. The third-order valence-electron chi connectivity index (χ3n) is 5.37. The summed E-state index contributed by atoms with van der Waals surface area (Å²) >= 11 is 6.50. The molecule has 164 valence electrons. The van der Waals surface area contributed by atoms with Crippen molar-refractivity contribution in [2.45, 2.75) is 39.8 Å². The monoisotopic (exact) mass is 442 g/mol. The number of nitrogens with zero attached hydrogens (tertiary/aromatic N) is 6. The van der Waals surface area contributed by atoms with Crippen molar-refractivity contribution >= 4 is 34.5 Å². The maximum Gasteiger partial charge on any atom is 0.219 e. The van der Waals surface area contributed by atoms with Crippen molar-refractivity contribution in [2.24, 2.45) is 0 Å².